The van der Waals surface area contributed by atoms with Gasteiger partial charge in [-0.15, -0.1) is 0 Å². The Balaban J connectivity index is 2.75. The fraction of sp³-hybridized carbons (Fsp3) is 0.300. The molecule has 13 heavy (non-hydrogen) atoms. The summed E-state index contributed by atoms with van der Waals surface area (Å²) < 4.78 is 0. The van der Waals surface area contributed by atoms with E-state index < -0.39 is 5.24 Å². The molecule has 0 saturated heterocycles. The third-order valence-electron chi connectivity index (χ3n) is 1.74. The molecule has 0 fully saturated rings. The van der Waals surface area contributed by atoms with Gasteiger partial charge in [0, 0.05) is 11.6 Å². The van der Waals surface area contributed by atoms with E-state index in [4.69, 9.17) is 17.3 Å². The molecule has 1 unspecified atom stereocenters. The molecular weight excluding hydrogens is 186 g/mol. The van der Waals surface area contributed by atoms with Crippen molar-refractivity contribution < 1.29 is 4.79 Å². The second-order valence-electron chi connectivity index (χ2n) is 3.15. The maximum atomic E-state index is 10.7. The van der Waals surface area contributed by atoms with Crippen molar-refractivity contribution in [1.82, 2.24) is 0 Å². The average molecular weight is 198 g/mol. The van der Waals surface area contributed by atoms with E-state index in [1.54, 1.807) is 12.1 Å². The van der Waals surface area contributed by atoms with Crippen molar-refractivity contribution in [2.24, 2.45) is 5.73 Å². The van der Waals surface area contributed by atoms with E-state index in [9.17, 15) is 4.79 Å². The molecule has 0 aliphatic heterocycles. The summed E-state index contributed by atoms with van der Waals surface area (Å²) in [5.74, 6) is 0. The highest BCUT2D eigenvalue weighted by molar-refractivity contribution is 6.67. The summed E-state index contributed by atoms with van der Waals surface area (Å²) in [6.45, 7) is 1.95. The lowest BCUT2D eigenvalue weighted by molar-refractivity contribution is 0.108. The fourth-order valence-corrected chi connectivity index (χ4v) is 1.27. The Hall–Kier alpha value is -0.860. The molecule has 2 nitrogen and oxygen atoms in total. The zero-order valence-corrected chi connectivity index (χ0v) is 8.21. The second-order valence-corrected chi connectivity index (χ2v) is 3.50. The first-order chi connectivity index (χ1) is 6.09. The standard InChI is InChI=1S/C10H12ClNO/c1-7(12)6-8-2-4-9(5-3-8)10(11)13/h2-5,7H,6,12H2,1H3. The van der Waals surface area contributed by atoms with Gasteiger partial charge in [0.1, 0.15) is 0 Å². The topological polar surface area (TPSA) is 43.1 Å². The molecule has 1 aromatic carbocycles. The zero-order chi connectivity index (χ0) is 9.84. The Morgan fingerprint density at radius 2 is 2.00 bits per heavy atom. The van der Waals surface area contributed by atoms with Crippen LogP contribution in [0.5, 0.6) is 0 Å². The molecule has 0 aliphatic rings. The third kappa shape index (κ3) is 3.17. The molecular formula is C10H12ClNO. The van der Waals surface area contributed by atoms with Crippen molar-refractivity contribution in [2.45, 2.75) is 19.4 Å². The monoisotopic (exact) mass is 197 g/mol. The number of halogens is 1. The van der Waals surface area contributed by atoms with E-state index in [2.05, 4.69) is 0 Å². The van der Waals surface area contributed by atoms with E-state index in [0.717, 1.165) is 12.0 Å². The first-order valence-electron chi connectivity index (χ1n) is 4.14. The third-order valence-corrected chi connectivity index (χ3v) is 1.96. The number of carbonyl (C=O) groups is 1. The van der Waals surface area contributed by atoms with E-state index in [1.165, 1.54) is 0 Å². The summed E-state index contributed by atoms with van der Waals surface area (Å²) in [6.07, 6.45) is 0.816. The Morgan fingerprint density at radius 3 is 2.38 bits per heavy atom. The second kappa shape index (κ2) is 4.40. The van der Waals surface area contributed by atoms with Crippen LogP contribution in [-0.2, 0) is 6.42 Å². The fourth-order valence-electron chi connectivity index (χ4n) is 1.14. The number of rotatable bonds is 3. The molecule has 1 aromatic rings. The number of hydrogen-bond donors (Lipinski definition) is 1. The lowest BCUT2D eigenvalue weighted by Crippen LogP contribution is -2.17. The van der Waals surface area contributed by atoms with E-state index >= 15 is 0 Å². The lowest BCUT2D eigenvalue weighted by Gasteiger charge is -2.04. The Bertz CT molecular complexity index is 292. The van der Waals surface area contributed by atoms with Crippen LogP contribution >= 0.6 is 11.6 Å². The van der Waals surface area contributed by atoms with Gasteiger partial charge in [0.05, 0.1) is 0 Å². The van der Waals surface area contributed by atoms with Gasteiger partial charge in [0.25, 0.3) is 5.24 Å². The number of carbonyl (C=O) groups excluding carboxylic acids is 1. The van der Waals surface area contributed by atoms with Gasteiger partial charge in [-0.3, -0.25) is 4.79 Å². The highest BCUT2D eigenvalue weighted by Crippen LogP contribution is 2.08. The maximum absolute atomic E-state index is 10.7. The van der Waals surface area contributed by atoms with Gasteiger partial charge in [-0.05, 0) is 42.6 Å². The summed E-state index contributed by atoms with van der Waals surface area (Å²) in [5, 5.41) is -0.424. The molecule has 1 atom stereocenters. The van der Waals surface area contributed by atoms with Crippen LogP contribution in [0.15, 0.2) is 24.3 Å². The Kier molecular flexibility index (Phi) is 3.46. The SMILES string of the molecule is CC(N)Cc1ccc(C(=O)Cl)cc1. The normalized spacial score (nSPS) is 12.5. The van der Waals surface area contributed by atoms with Crippen molar-refractivity contribution in [2.75, 3.05) is 0 Å². The zero-order valence-electron chi connectivity index (χ0n) is 7.46. The van der Waals surface area contributed by atoms with Gasteiger partial charge in [-0.1, -0.05) is 12.1 Å². The van der Waals surface area contributed by atoms with Crippen molar-refractivity contribution >= 4 is 16.8 Å². The molecule has 70 valence electrons. The molecule has 0 radical (unpaired) electrons. The van der Waals surface area contributed by atoms with Crippen LogP contribution < -0.4 is 5.73 Å². The molecule has 2 N–H and O–H groups in total. The molecule has 0 aliphatic carbocycles. The Morgan fingerprint density at radius 1 is 1.46 bits per heavy atom. The minimum Gasteiger partial charge on any atom is -0.328 e. The highest BCUT2D eigenvalue weighted by Gasteiger charge is 2.01. The van der Waals surface area contributed by atoms with Crippen LogP contribution in [0.4, 0.5) is 0 Å². The van der Waals surface area contributed by atoms with E-state index in [0.29, 0.717) is 5.56 Å². The summed E-state index contributed by atoms with van der Waals surface area (Å²) >= 11 is 5.30. The van der Waals surface area contributed by atoms with Gasteiger partial charge in [-0.25, -0.2) is 0 Å². The summed E-state index contributed by atoms with van der Waals surface area (Å²) in [6, 6.07) is 7.32. The predicted octanol–water partition coefficient (Wildman–Crippen LogP) is 1.96. The Labute approximate surface area is 82.7 Å². The van der Waals surface area contributed by atoms with Gasteiger partial charge < -0.3 is 5.73 Å². The molecule has 1 rings (SSSR count). The van der Waals surface area contributed by atoms with Crippen LogP contribution in [0.2, 0.25) is 0 Å². The molecule has 0 amide bonds. The highest BCUT2D eigenvalue weighted by atomic mass is 35.5. The first kappa shape index (κ1) is 10.2. The number of benzene rings is 1. The van der Waals surface area contributed by atoms with Crippen molar-refractivity contribution in [3.05, 3.63) is 35.4 Å². The summed E-state index contributed by atoms with van der Waals surface area (Å²) in [4.78, 5) is 10.7. The molecule has 0 saturated carbocycles. The predicted molar refractivity (Wildman–Crippen MR) is 54.0 cm³/mol. The van der Waals surface area contributed by atoms with Crippen molar-refractivity contribution in [1.29, 1.82) is 0 Å². The minimum atomic E-state index is -0.424. The summed E-state index contributed by atoms with van der Waals surface area (Å²) in [7, 11) is 0. The molecule has 0 bridgehead atoms. The van der Waals surface area contributed by atoms with Crippen LogP contribution in [0.1, 0.15) is 22.8 Å². The van der Waals surface area contributed by atoms with E-state index in [-0.39, 0.29) is 6.04 Å². The van der Waals surface area contributed by atoms with E-state index in [1.807, 2.05) is 19.1 Å². The quantitative estimate of drug-likeness (QED) is 0.753. The van der Waals surface area contributed by atoms with Crippen LogP contribution in [0, 0.1) is 0 Å². The largest absolute Gasteiger partial charge is 0.328 e. The van der Waals surface area contributed by atoms with Gasteiger partial charge in [0.15, 0.2) is 0 Å². The average Bonchev–Trinajstić information content (AvgIpc) is 2.04. The van der Waals surface area contributed by atoms with Gasteiger partial charge >= 0.3 is 0 Å². The van der Waals surface area contributed by atoms with Crippen molar-refractivity contribution in [3.8, 4) is 0 Å². The maximum Gasteiger partial charge on any atom is 0.252 e. The van der Waals surface area contributed by atoms with Crippen LogP contribution in [-0.4, -0.2) is 11.3 Å². The van der Waals surface area contributed by atoms with Crippen LogP contribution in [0.3, 0.4) is 0 Å². The van der Waals surface area contributed by atoms with Crippen LogP contribution in [0.25, 0.3) is 0 Å². The number of hydrogen-bond acceptors (Lipinski definition) is 2. The molecule has 0 heterocycles. The van der Waals surface area contributed by atoms with Gasteiger partial charge in [0.2, 0.25) is 0 Å². The summed E-state index contributed by atoms with van der Waals surface area (Å²) in [5.41, 5.74) is 7.27. The first-order valence-corrected chi connectivity index (χ1v) is 4.51. The smallest absolute Gasteiger partial charge is 0.252 e. The van der Waals surface area contributed by atoms with Gasteiger partial charge in [-0.2, -0.15) is 0 Å². The molecule has 3 heteroatoms. The molecule has 0 spiro atoms. The lowest BCUT2D eigenvalue weighted by atomic mass is 10.1. The number of nitrogens with two attached hydrogens (primary N) is 1. The van der Waals surface area contributed by atoms with Crippen molar-refractivity contribution in [3.63, 3.8) is 0 Å². The molecule has 0 aromatic heterocycles. The minimum absolute atomic E-state index is 0.137.